The van der Waals surface area contributed by atoms with Crippen LogP contribution in [0.5, 0.6) is 0 Å². The molecule has 0 aliphatic rings. The van der Waals surface area contributed by atoms with Crippen LogP contribution in [0.2, 0.25) is 0 Å². The SMILES string of the molecule is CCc1ccc(C=C(C)CNC)s1. The van der Waals surface area contributed by atoms with Gasteiger partial charge in [0, 0.05) is 16.3 Å². The summed E-state index contributed by atoms with van der Waals surface area (Å²) in [5, 5.41) is 3.14. The highest BCUT2D eigenvalue weighted by atomic mass is 32.1. The van der Waals surface area contributed by atoms with E-state index >= 15 is 0 Å². The molecule has 0 fully saturated rings. The smallest absolute Gasteiger partial charge is 0.0273 e. The molecule has 1 nitrogen and oxygen atoms in total. The van der Waals surface area contributed by atoms with E-state index in [2.05, 4.69) is 37.4 Å². The minimum atomic E-state index is 0.972. The zero-order chi connectivity index (χ0) is 9.68. The van der Waals surface area contributed by atoms with E-state index in [9.17, 15) is 0 Å². The van der Waals surface area contributed by atoms with Gasteiger partial charge in [0.15, 0.2) is 0 Å². The minimum Gasteiger partial charge on any atom is -0.316 e. The largest absolute Gasteiger partial charge is 0.316 e. The normalized spacial score (nSPS) is 12.1. The maximum absolute atomic E-state index is 3.14. The molecule has 0 atom stereocenters. The van der Waals surface area contributed by atoms with Crippen LogP contribution in [0.4, 0.5) is 0 Å². The molecule has 0 aromatic carbocycles. The molecule has 1 rings (SSSR count). The topological polar surface area (TPSA) is 12.0 Å². The molecule has 0 aliphatic carbocycles. The summed E-state index contributed by atoms with van der Waals surface area (Å²) < 4.78 is 0. The fourth-order valence-electron chi connectivity index (χ4n) is 1.23. The van der Waals surface area contributed by atoms with Crippen molar-refractivity contribution in [1.29, 1.82) is 0 Å². The Labute approximate surface area is 84.5 Å². The molecule has 0 spiro atoms. The first-order valence-corrected chi connectivity index (χ1v) is 5.48. The summed E-state index contributed by atoms with van der Waals surface area (Å²) in [7, 11) is 1.98. The second kappa shape index (κ2) is 5.20. The minimum absolute atomic E-state index is 0.972. The van der Waals surface area contributed by atoms with Gasteiger partial charge >= 0.3 is 0 Å². The van der Waals surface area contributed by atoms with Crippen molar-refractivity contribution in [3.63, 3.8) is 0 Å². The van der Waals surface area contributed by atoms with Gasteiger partial charge in [-0.2, -0.15) is 0 Å². The summed E-state index contributed by atoms with van der Waals surface area (Å²) >= 11 is 1.88. The van der Waals surface area contributed by atoms with Crippen LogP contribution in [0.3, 0.4) is 0 Å². The summed E-state index contributed by atoms with van der Waals surface area (Å²) in [4.78, 5) is 2.83. The standard InChI is InChI=1S/C11H17NS/c1-4-10-5-6-11(13-10)7-9(2)8-12-3/h5-7,12H,4,8H2,1-3H3. The van der Waals surface area contributed by atoms with E-state index in [-0.39, 0.29) is 0 Å². The van der Waals surface area contributed by atoms with Gasteiger partial charge in [0.25, 0.3) is 0 Å². The molecule has 0 bridgehead atoms. The Balaban J connectivity index is 2.67. The third-order valence-electron chi connectivity index (χ3n) is 1.88. The molecule has 0 unspecified atom stereocenters. The Kier molecular flexibility index (Phi) is 4.19. The highest BCUT2D eigenvalue weighted by Crippen LogP contribution is 2.19. The molecule has 1 heterocycles. The maximum Gasteiger partial charge on any atom is 0.0273 e. The van der Waals surface area contributed by atoms with Crippen LogP contribution in [-0.2, 0) is 6.42 Å². The molecule has 0 radical (unpaired) electrons. The highest BCUT2D eigenvalue weighted by molar-refractivity contribution is 7.12. The highest BCUT2D eigenvalue weighted by Gasteiger charge is 1.95. The number of hydrogen-bond acceptors (Lipinski definition) is 2. The number of nitrogens with one attached hydrogen (secondary N) is 1. The third-order valence-corrected chi connectivity index (χ3v) is 3.05. The van der Waals surface area contributed by atoms with Crippen molar-refractivity contribution in [2.45, 2.75) is 20.3 Å². The van der Waals surface area contributed by atoms with Crippen molar-refractivity contribution in [2.75, 3.05) is 13.6 Å². The predicted molar refractivity (Wildman–Crippen MR) is 61.3 cm³/mol. The van der Waals surface area contributed by atoms with Gasteiger partial charge in [0.1, 0.15) is 0 Å². The number of likely N-dealkylation sites (N-methyl/N-ethyl adjacent to an activating group) is 1. The van der Waals surface area contributed by atoms with Gasteiger partial charge in [-0.05, 0) is 38.6 Å². The van der Waals surface area contributed by atoms with Gasteiger partial charge < -0.3 is 5.32 Å². The van der Waals surface area contributed by atoms with E-state index in [1.165, 1.54) is 15.3 Å². The van der Waals surface area contributed by atoms with Gasteiger partial charge in [-0.25, -0.2) is 0 Å². The Bertz CT molecular complexity index is 286. The molecule has 0 amide bonds. The van der Waals surface area contributed by atoms with Crippen molar-refractivity contribution in [1.82, 2.24) is 5.32 Å². The zero-order valence-corrected chi connectivity index (χ0v) is 9.37. The summed E-state index contributed by atoms with van der Waals surface area (Å²) in [5.41, 5.74) is 1.38. The van der Waals surface area contributed by atoms with Crippen LogP contribution in [-0.4, -0.2) is 13.6 Å². The Hall–Kier alpha value is -0.600. The van der Waals surface area contributed by atoms with Gasteiger partial charge in [0.05, 0.1) is 0 Å². The summed E-state index contributed by atoms with van der Waals surface area (Å²) in [6.07, 6.45) is 3.39. The fourth-order valence-corrected chi connectivity index (χ4v) is 2.21. The summed E-state index contributed by atoms with van der Waals surface area (Å²) in [6, 6.07) is 4.41. The van der Waals surface area contributed by atoms with Crippen molar-refractivity contribution in [3.8, 4) is 0 Å². The van der Waals surface area contributed by atoms with Crippen LogP contribution < -0.4 is 5.32 Å². The lowest BCUT2D eigenvalue weighted by molar-refractivity contribution is 0.885. The Morgan fingerprint density at radius 1 is 1.54 bits per heavy atom. The average molecular weight is 195 g/mol. The average Bonchev–Trinajstić information content (AvgIpc) is 2.52. The number of rotatable bonds is 4. The maximum atomic E-state index is 3.14. The molecule has 0 aliphatic heterocycles. The summed E-state index contributed by atoms with van der Waals surface area (Å²) in [5.74, 6) is 0. The van der Waals surface area contributed by atoms with Crippen molar-refractivity contribution in [2.24, 2.45) is 0 Å². The second-order valence-electron chi connectivity index (χ2n) is 3.18. The van der Waals surface area contributed by atoms with E-state index in [0.717, 1.165) is 13.0 Å². The van der Waals surface area contributed by atoms with E-state index in [4.69, 9.17) is 0 Å². The molecule has 2 heteroatoms. The lowest BCUT2D eigenvalue weighted by atomic mass is 10.2. The molecular weight excluding hydrogens is 178 g/mol. The molecule has 1 aromatic heterocycles. The molecule has 1 N–H and O–H groups in total. The Morgan fingerprint density at radius 3 is 2.85 bits per heavy atom. The van der Waals surface area contributed by atoms with E-state index in [0.29, 0.717) is 0 Å². The number of thiophene rings is 1. The van der Waals surface area contributed by atoms with Gasteiger partial charge in [0.2, 0.25) is 0 Å². The van der Waals surface area contributed by atoms with Gasteiger partial charge in [-0.15, -0.1) is 11.3 Å². The van der Waals surface area contributed by atoms with Crippen LogP contribution in [0, 0.1) is 0 Å². The number of aryl methyl sites for hydroxylation is 1. The van der Waals surface area contributed by atoms with Crippen LogP contribution in [0.1, 0.15) is 23.6 Å². The van der Waals surface area contributed by atoms with E-state index in [1.54, 1.807) is 0 Å². The first-order valence-electron chi connectivity index (χ1n) is 4.66. The van der Waals surface area contributed by atoms with E-state index in [1.807, 2.05) is 18.4 Å². The van der Waals surface area contributed by atoms with Crippen LogP contribution >= 0.6 is 11.3 Å². The third kappa shape index (κ3) is 3.33. The van der Waals surface area contributed by atoms with Crippen molar-refractivity contribution in [3.05, 3.63) is 27.5 Å². The quantitative estimate of drug-likeness (QED) is 0.779. The van der Waals surface area contributed by atoms with Gasteiger partial charge in [-0.3, -0.25) is 0 Å². The lowest BCUT2D eigenvalue weighted by Gasteiger charge is -1.96. The van der Waals surface area contributed by atoms with Crippen LogP contribution in [0.25, 0.3) is 6.08 Å². The molecule has 72 valence electrons. The first-order chi connectivity index (χ1) is 6.26. The monoisotopic (exact) mass is 195 g/mol. The van der Waals surface area contributed by atoms with Crippen molar-refractivity contribution >= 4 is 17.4 Å². The zero-order valence-electron chi connectivity index (χ0n) is 8.55. The molecule has 13 heavy (non-hydrogen) atoms. The molecule has 0 saturated carbocycles. The second-order valence-corrected chi connectivity index (χ2v) is 4.38. The first kappa shape index (κ1) is 10.5. The molecular formula is C11H17NS. The predicted octanol–water partition coefficient (Wildman–Crippen LogP) is 2.93. The van der Waals surface area contributed by atoms with Gasteiger partial charge in [-0.1, -0.05) is 12.5 Å². The van der Waals surface area contributed by atoms with Crippen LogP contribution in [0.15, 0.2) is 17.7 Å². The van der Waals surface area contributed by atoms with E-state index < -0.39 is 0 Å². The summed E-state index contributed by atoms with van der Waals surface area (Å²) in [6.45, 7) is 5.32. The lowest BCUT2D eigenvalue weighted by Crippen LogP contribution is -2.08. The molecule has 1 aromatic rings. The fraction of sp³-hybridized carbons (Fsp3) is 0.455. The Morgan fingerprint density at radius 2 is 2.31 bits per heavy atom. The molecule has 0 saturated heterocycles. The number of hydrogen-bond donors (Lipinski definition) is 1. The van der Waals surface area contributed by atoms with Crippen molar-refractivity contribution < 1.29 is 0 Å².